The highest BCUT2D eigenvalue weighted by molar-refractivity contribution is 8.01. The Morgan fingerprint density at radius 3 is 2.65 bits per heavy atom. The Hall–Kier alpha value is -1.98. The van der Waals surface area contributed by atoms with Gasteiger partial charge in [-0.05, 0) is 19.4 Å². The zero-order valence-corrected chi connectivity index (χ0v) is 17.1. The molecule has 26 heavy (non-hydrogen) atoms. The van der Waals surface area contributed by atoms with Crippen LogP contribution in [0.15, 0.2) is 9.85 Å². The highest BCUT2D eigenvalue weighted by atomic mass is 32.2. The largest absolute Gasteiger partial charge is 0.462 e. The van der Waals surface area contributed by atoms with E-state index in [0.717, 1.165) is 11.3 Å². The Morgan fingerprint density at radius 2 is 2.08 bits per heavy atom. The summed E-state index contributed by atoms with van der Waals surface area (Å²) in [5, 5.41) is 10.6. The number of carbonyl (C=O) groups is 3. The van der Waals surface area contributed by atoms with Crippen LogP contribution in [-0.2, 0) is 9.53 Å². The second-order valence-corrected chi connectivity index (χ2v) is 8.30. The SMILES string of the molecule is CCOC(=O)c1c(NC(=O)CSc2nncs2)sc(C(=O)N(C)C)c1C. The third kappa shape index (κ3) is 4.80. The van der Waals surface area contributed by atoms with Gasteiger partial charge >= 0.3 is 5.97 Å². The number of esters is 1. The van der Waals surface area contributed by atoms with E-state index in [0.29, 0.717) is 19.8 Å². The predicted octanol–water partition coefficient (Wildman–Crippen LogP) is 2.52. The number of nitrogens with one attached hydrogen (secondary N) is 1. The van der Waals surface area contributed by atoms with Crippen molar-refractivity contribution in [2.24, 2.45) is 0 Å². The minimum atomic E-state index is -0.564. The van der Waals surface area contributed by atoms with Crippen molar-refractivity contribution < 1.29 is 19.1 Å². The van der Waals surface area contributed by atoms with Gasteiger partial charge in [-0.25, -0.2) is 4.79 Å². The standard InChI is InChI=1S/C15H18N4O4S3/c1-5-23-14(22)10-8(2)11(13(21)19(3)4)26-12(10)17-9(20)6-24-15-18-16-7-25-15/h7H,5-6H2,1-4H3,(H,17,20). The topological polar surface area (TPSA) is 101 Å². The summed E-state index contributed by atoms with van der Waals surface area (Å²) in [5.74, 6) is -0.987. The number of anilines is 1. The Morgan fingerprint density at radius 1 is 1.35 bits per heavy atom. The fourth-order valence-corrected chi connectivity index (χ4v) is 4.49. The maximum absolute atomic E-state index is 12.3. The Kier molecular flexibility index (Phi) is 7.12. The van der Waals surface area contributed by atoms with Crippen molar-refractivity contribution in [2.75, 3.05) is 31.8 Å². The minimum Gasteiger partial charge on any atom is -0.462 e. The van der Waals surface area contributed by atoms with Crippen LogP contribution in [0.4, 0.5) is 5.00 Å². The van der Waals surface area contributed by atoms with E-state index in [-0.39, 0.29) is 29.7 Å². The summed E-state index contributed by atoms with van der Waals surface area (Å²) in [5.41, 5.74) is 2.30. The Labute approximate surface area is 162 Å². The molecule has 0 unspecified atom stereocenters. The fraction of sp³-hybridized carbons (Fsp3) is 0.400. The molecule has 0 aromatic carbocycles. The maximum Gasteiger partial charge on any atom is 0.341 e. The average Bonchev–Trinajstić information content (AvgIpc) is 3.20. The van der Waals surface area contributed by atoms with Crippen LogP contribution in [0.25, 0.3) is 0 Å². The monoisotopic (exact) mass is 414 g/mol. The summed E-state index contributed by atoms with van der Waals surface area (Å²) >= 11 is 3.66. The molecule has 140 valence electrons. The molecule has 0 aliphatic heterocycles. The van der Waals surface area contributed by atoms with Gasteiger partial charge in [0, 0.05) is 14.1 Å². The van der Waals surface area contributed by atoms with Crippen molar-refractivity contribution in [3.63, 3.8) is 0 Å². The van der Waals surface area contributed by atoms with Gasteiger partial charge in [0.05, 0.1) is 22.8 Å². The van der Waals surface area contributed by atoms with E-state index in [1.165, 1.54) is 28.0 Å². The number of amides is 2. The number of ether oxygens (including phenoxy) is 1. The minimum absolute atomic E-state index is 0.116. The highest BCUT2D eigenvalue weighted by Crippen LogP contribution is 2.34. The van der Waals surface area contributed by atoms with Gasteiger partial charge in [0.2, 0.25) is 5.91 Å². The fourth-order valence-electron chi connectivity index (χ4n) is 1.97. The molecular formula is C15H18N4O4S3. The summed E-state index contributed by atoms with van der Waals surface area (Å²) in [6.45, 7) is 3.57. The van der Waals surface area contributed by atoms with Crippen molar-refractivity contribution in [3.8, 4) is 0 Å². The summed E-state index contributed by atoms with van der Waals surface area (Å²) in [6, 6.07) is 0. The highest BCUT2D eigenvalue weighted by Gasteiger charge is 2.27. The van der Waals surface area contributed by atoms with Crippen LogP contribution >= 0.6 is 34.4 Å². The van der Waals surface area contributed by atoms with Crippen LogP contribution < -0.4 is 5.32 Å². The van der Waals surface area contributed by atoms with E-state index in [2.05, 4.69) is 15.5 Å². The van der Waals surface area contributed by atoms with E-state index >= 15 is 0 Å². The van der Waals surface area contributed by atoms with Crippen LogP contribution in [-0.4, -0.2) is 59.3 Å². The van der Waals surface area contributed by atoms with E-state index in [9.17, 15) is 14.4 Å². The molecule has 0 aliphatic rings. The molecular weight excluding hydrogens is 396 g/mol. The lowest BCUT2D eigenvalue weighted by atomic mass is 10.1. The van der Waals surface area contributed by atoms with Gasteiger partial charge in [0.25, 0.3) is 5.91 Å². The predicted molar refractivity (Wildman–Crippen MR) is 102 cm³/mol. The van der Waals surface area contributed by atoms with Crippen LogP contribution in [0.1, 0.15) is 32.5 Å². The molecule has 0 fully saturated rings. The van der Waals surface area contributed by atoms with Crippen LogP contribution in [0.3, 0.4) is 0 Å². The molecule has 2 amide bonds. The number of hydrogen-bond acceptors (Lipinski definition) is 9. The van der Waals surface area contributed by atoms with Gasteiger partial charge < -0.3 is 15.0 Å². The van der Waals surface area contributed by atoms with E-state index in [1.54, 1.807) is 33.5 Å². The molecule has 0 bridgehead atoms. The van der Waals surface area contributed by atoms with Crippen LogP contribution in [0.5, 0.6) is 0 Å². The van der Waals surface area contributed by atoms with Crippen molar-refractivity contribution in [2.45, 2.75) is 18.2 Å². The van der Waals surface area contributed by atoms with E-state index in [1.807, 2.05) is 0 Å². The second-order valence-electron chi connectivity index (χ2n) is 5.22. The quantitative estimate of drug-likeness (QED) is 0.549. The summed E-state index contributed by atoms with van der Waals surface area (Å²) in [6.07, 6.45) is 0. The Balaban J connectivity index is 2.24. The first-order valence-corrected chi connectivity index (χ1v) is 10.2. The number of thiophene rings is 1. The summed E-state index contributed by atoms with van der Waals surface area (Å²) in [4.78, 5) is 38.7. The van der Waals surface area contributed by atoms with Gasteiger partial charge in [-0.2, -0.15) is 0 Å². The lowest BCUT2D eigenvalue weighted by Gasteiger charge is -2.09. The third-order valence-electron chi connectivity index (χ3n) is 3.15. The number of thioether (sulfide) groups is 1. The van der Waals surface area contributed by atoms with Crippen molar-refractivity contribution in [1.29, 1.82) is 0 Å². The van der Waals surface area contributed by atoms with Gasteiger partial charge in [-0.15, -0.1) is 21.5 Å². The first-order valence-electron chi connectivity index (χ1n) is 7.56. The van der Waals surface area contributed by atoms with Crippen LogP contribution in [0, 0.1) is 6.92 Å². The lowest BCUT2D eigenvalue weighted by Crippen LogP contribution is -2.21. The number of aromatic nitrogens is 2. The molecule has 8 nitrogen and oxygen atoms in total. The molecule has 2 rings (SSSR count). The molecule has 1 N–H and O–H groups in total. The molecule has 0 radical (unpaired) electrons. The van der Waals surface area contributed by atoms with Gasteiger partial charge in [-0.3, -0.25) is 9.59 Å². The molecule has 0 atom stereocenters. The maximum atomic E-state index is 12.3. The molecule has 2 aromatic rings. The molecule has 2 heterocycles. The second kappa shape index (κ2) is 9.10. The number of nitrogens with zero attached hydrogens (tertiary/aromatic N) is 3. The molecule has 11 heteroatoms. The average molecular weight is 415 g/mol. The van der Waals surface area contributed by atoms with Crippen molar-refractivity contribution in [3.05, 3.63) is 21.5 Å². The van der Waals surface area contributed by atoms with E-state index < -0.39 is 5.97 Å². The number of hydrogen-bond donors (Lipinski definition) is 1. The molecule has 0 saturated carbocycles. The summed E-state index contributed by atoms with van der Waals surface area (Å²) < 4.78 is 5.75. The zero-order valence-electron chi connectivity index (χ0n) is 14.7. The van der Waals surface area contributed by atoms with Crippen molar-refractivity contribution in [1.82, 2.24) is 15.1 Å². The molecule has 2 aromatic heterocycles. The molecule has 0 saturated heterocycles. The smallest absolute Gasteiger partial charge is 0.341 e. The zero-order chi connectivity index (χ0) is 19.3. The van der Waals surface area contributed by atoms with Gasteiger partial charge in [0.1, 0.15) is 10.5 Å². The van der Waals surface area contributed by atoms with Crippen LogP contribution in [0.2, 0.25) is 0 Å². The molecule has 0 aliphatic carbocycles. The third-order valence-corrected chi connectivity index (χ3v) is 6.20. The van der Waals surface area contributed by atoms with E-state index in [4.69, 9.17) is 4.74 Å². The normalized spacial score (nSPS) is 10.5. The summed E-state index contributed by atoms with van der Waals surface area (Å²) in [7, 11) is 3.25. The first kappa shape index (κ1) is 20.3. The lowest BCUT2D eigenvalue weighted by molar-refractivity contribution is -0.113. The van der Waals surface area contributed by atoms with Crippen molar-refractivity contribution >= 4 is 57.2 Å². The number of carbonyl (C=O) groups excluding carboxylic acids is 3. The first-order chi connectivity index (χ1) is 12.3. The van der Waals surface area contributed by atoms with Gasteiger partial charge in [-0.1, -0.05) is 23.1 Å². The van der Waals surface area contributed by atoms with Gasteiger partial charge in [0.15, 0.2) is 4.34 Å². The Bertz CT molecular complexity index is 802. The number of rotatable bonds is 7. The molecule has 0 spiro atoms.